The molecule has 0 atom stereocenters. The Morgan fingerprint density at radius 1 is 1.12 bits per heavy atom. The molecule has 0 saturated heterocycles. The predicted octanol–water partition coefficient (Wildman–Crippen LogP) is 3.34. The fourth-order valence-electron chi connectivity index (χ4n) is 1.90. The lowest BCUT2D eigenvalue weighted by molar-refractivity contribution is -0.137. The van der Waals surface area contributed by atoms with Gasteiger partial charge in [-0.05, 0) is 42.5 Å². The Hall–Kier alpha value is -3.23. The number of phenolic OH excluding ortho intramolecular Hbond substituents is 1. The van der Waals surface area contributed by atoms with Crippen molar-refractivity contribution in [2.45, 2.75) is 6.18 Å². The zero-order valence-corrected chi connectivity index (χ0v) is 11.8. The maximum Gasteiger partial charge on any atom is 0.444 e. The van der Waals surface area contributed by atoms with Gasteiger partial charge in [0.15, 0.2) is 0 Å². The third-order valence-corrected chi connectivity index (χ3v) is 2.99. The third-order valence-electron chi connectivity index (χ3n) is 2.99. The Kier molecular flexibility index (Phi) is 3.76. The van der Waals surface area contributed by atoms with Gasteiger partial charge < -0.3 is 14.3 Å². The molecule has 0 saturated carbocycles. The molecule has 1 heterocycles. The van der Waals surface area contributed by atoms with Gasteiger partial charge in [-0.15, -0.1) is 0 Å². The van der Waals surface area contributed by atoms with E-state index in [0.29, 0.717) is 5.69 Å². The van der Waals surface area contributed by atoms with Gasteiger partial charge >= 0.3 is 18.0 Å². The summed E-state index contributed by atoms with van der Waals surface area (Å²) in [6.07, 6.45) is -5.03. The van der Waals surface area contributed by atoms with E-state index in [0.717, 1.165) is 22.9 Å². The van der Waals surface area contributed by atoms with Gasteiger partial charge in [-0.3, -0.25) is 0 Å². The van der Waals surface area contributed by atoms with Crippen LogP contribution in [0.2, 0.25) is 0 Å². The highest BCUT2D eigenvalue weighted by atomic mass is 19.4. The number of alkyl halides is 3. The molecule has 1 N–H and O–H groups in total. The molecular weight excluding hydrogens is 329 g/mol. The second kappa shape index (κ2) is 5.76. The Bertz CT molecular complexity index is 913. The minimum atomic E-state index is -4.52. The largest absolute Gasteiger partial charge is 0.508 e. The van der Waals surface area contributed by atoms with Crippen LogP contribution >= 0.6 is 0 Å². The standard InChI is InChI=1S/C15H9F3N2O4/c16-15(17,18)9-2-1-3-12(8-9)23-13-19-20(14(22)24-13)10-4-6-11(21)7-5-10/h1-8,21H. The zero-order valence-electron chi connectivity index (χ0n) is 11.8. The normalized spacial score (nSPS) is 11.5. The number of halogens is 3. The van der Waals surface area contributed by atoms with Gasteiger partial charge in [-0.2, -0.15) is 17.9 Å². The third kappa shape index (κ3) is 3.24. The lowest BCUT2D eigenvalue weighted by atomic mass is 10.2. The molecule has 124 valence electrons. The fraction of sp³-hybridized carbons (Fsp3) is 0.0667. The maximum absolute atomic E-state index is 12.7. The summed E-state index contributed by atoms with van der Waals surface area (Å²) in [7, 11) is 0. The minimum absolute atomic E-state index is 0.00395. The van der Waals surface area contributed by atoms with Crippen LogP contribution < -0.4 is 10.5 Å². The lowest BCUT2D eigenvalue weighted by Crippen LogP contribution is -2.12. The van der Waals surface area contributed by atoms with Crippen LogP contribution in [-0.4, -0.2) is 14.9 Å². The van der Waals surface area contributed by atoms with E-state index in [4.69, 9.17) is 9.15 Å². The van der Waals surface area contributed by atoms with E-state index in [-0.39, 0.29) is 11.5 Å². The van der Waals surface area contributed by atoms with E-state index >= 15 is 0 Å². The van der Waals surface area contributed by atoms with Crippen molar-refractivity contribution in [1.29, 1.82) is 0 Å². The van der Waals surface area contributed by atoms with Crippen molar-refractivity contribution in [2.24, 2.45) is 0 Å². The van der Waals surface area contributed by atoms with Crippen molar-refractivity contribution in [3.8, 4) is 23.3 Å². The molecule has 0 bridgehead atoms. The van der Waals surface area contributed by atoms with Crippen molar-refractivity contribution in [3.05, 3.63) is 64.6 Å². The smallest absolute Gasteiger partial charge is 0.444 e. The molecule has 0 aliphatic heterocycles. The maximum atomic E-state index is 12.7. The summed E-state index contributed by atoms with van der Waals surface area (Å²) in [6, 6.07) is 9.58. The lowest BCUT2D eigenvalue weighted by Gasteiger charge is -2.07. The molecule has 0 aliphatic carbocycles. The number of rotatable bonds is 3. The number of ether oxygens (including phenoxy) is 1. The molecule has 0 amide bonds. The summed E-state index contributed by atoms with van der Waals surface area (Å²) in [5.41, 5.74) is -0.610. The van der Waals surface area contributed by atoms with E-state index in [1.807, 2.05) is 0 Å². The molecule has 0 radical (unpaired) electrons. The van der Waals surface area contributed by atoms with Crippen LogP contribution in [0.25, 0.3) is 5.69 Å². The molecule has 0 aliphatic rings. The van der Waals surface area contributed by atoms with Crippen molar-refractivity contribution < 1.29 is 27.4 Å². The molecule has 2 aromatic carbocycles. The van der Waals surface area contributed by atoms with Crippen LogP contribution in [0.1, 0.15) is 5.56 Å². The summed E-state index contributed by atoms with van der Waals surface area (Å²) in [5, 5.41) is 13.0. The Morgan fingerprint density at radius 2 is 1.83 bits per heavy atom. The molecule has 9 heteroatoms. The van der Waals surface area contributed by atoms with Gasteiger partial charge in [-0.25, -0.2) is 4.79 Å². The number of aromatic hydroxyl groups is 1. The van der Waals surface area contributed by atoms with E-state index in [1.165, 1.54) is 30.3 Å². The first-order valence-corrected chi connectivity index (χ1v) is 6.57. The SMILES string of the molecule is O=c1oc(Oc2cccc(C(F)(F)F)c2)nn1-c1ccc(O)cc1. The number of benzene rings is 2. The predicted molar refractivity (Wildman–Crippen MR) is 75.3 cm³/mol. The van der Waals surface area contributed by atoms with Crippen LogP contribution in [0, 0.1) is 0 Å². The summed E-state index contributed by atoms with van der Waals surface area (Å²) in [5.74, 6) is -1.07. The summed E-state index contributed by atoms with van der Waals surface area (Å²) < 4.78 is 48.7. The zero-order chi connectivity index (χ0) is 17.3. The highest BCUT2D eigenvalue weighted by Gasteiger charge is 2.30. The monoisotopic (exact) mass is 338 g/mol. The number of nitrogens with zero attached hydrogens (tertiary/aromatic N) is 2. The second-order valence-corrected chi connectivity index (χ2v) is 4.69. The molecular formula is C15H9F3N2O4. The van der Waals surface area contributed by atoms with Crippen LogP contribution in [0.3, 0.4) is 0 Å². The van der Waals surface area contributed by atoms with E-state index < -0.39 is 23.6 Å². The van der Waals surface area contributed by atoms with Crippen molar-refractivity contribution >= 4 is 0 Å². The van der Waals surface area contributed by atoms with Gasteiger partial charge in [0.1, 0.15) is 11.5 Å². The molecule has 6 nitrogen and oxygen atoms in total. The average Bonchev–Trinajstić information content (AvgIpc) is 2.88. The topological polar surface area (TPSA) is 77.5 Å². The minimum Gasteiger partial charge on any atom is -0.508 e. The van der Waals surface area contributed by atoms with Gasteiger partial charge in [0.2, 0.25) is 0 Å². The van der Waals surface area contributed by atoms with Crippen molar-refractivity contribution in [3.63, 3.8) is 0 Å². The Balaban J connectivity index is 1.88. The van der Waals surface area contributed by atoms with Crippen LogP contribution in [-0.2, 0) is 6.18 Å². The summed E-state index contributed by atoms with van der Waals surface area (Å²) in [6.45, 7) is 0. The summed E-state index contributed by atoms with van der Waals surface area (Å²) >= 11 is 0. The molecule has 0 unspecified atom stereocenters. The molecule has 24 heavy (non-hydrogen) atoms. The highest BCUT2D eigenvalue weighted by Crippen LogP contribution is 2.32. The van der Waals surface area contributed by atoms with E-state index in [2.05, 4.69) is 5.10 Å². The summed E-state index contributed by atoms with van der Waals surface area (Å²) in [4.78, 5) is 11.8. The Morgan fingerprint density at radius 3 is 2.50 bits per heavy atom. The van der Waals surface area contributed by atoms with Crippen molar-refractivity contribution in [2.75, 3.05) is 0 Å². The van der Waals surface area contributed by atoms with Crippen LogP contribution in [0.5, 0.6) is 17.6 Å². The fourth-order valence-corrected chi connectivity index (χ4v) is 1.90. The van der Waals surface area contributed by atoms with Gasteiger partial charge in [0.05, 0.1) is 11.3 Å². The second-order valence-electron chi connectivity index (χ2n) is 4.69. The van der Waals surface area contributed by atoms with Gasteiger partial charge in [-0.1, -0.05) is 11.2 Å². The molecule has 3 rings (SSSR count). The molecule has 0 spiro atoms. The van der Waals surface area contributed by atoms with E-state index in [1.54, 1.807) is 0 Å². The molecule has 0 fully saturated rings. The number of phenols is 1. The molecule has 1 aromatic heterocycles. The average molecular weight is 338 g/mol. The first-order valence-electron chi connectivity index (χ1n) is 6.57. The molecule has 3 aromatic rings. The quantitative estimate of drug-likeness (QED) is 0.792. The number of aromatic nitrogens is 2. The van der Waals surface area contributed by atoms with Crippen molar-refractivity contribution in [1.82, 2.24) is 9.78 Å². The first kappa shape index (κ1) is 15.7. The number of hydrogen-bond donors (Lipinski definition) is 1. The van der Waals surface area contributed by atoms with Gasteiger partial charge in [0.25, 0.3) is 0 Å². The number of hydrogen-bond acceptors (Lipinski definition) is 5. The first-order chi connectivity index (χ1) is 11.3. The van der Waals surface area contributed by atoms with E-state index in [9.17, 15) is 23.1 Å². The Labute approximate surface area is 132 Å². The van der Waals surface area contributed by atoms with Gasteiger partial charge in [0, 0.05) is 0 Å². The van der Waals surface area contributed by atoms with Crippen LogP contribution in [0.4, 0.5) is 13.2 Å². The highest BCUT2D eigenvalue weighted by molar-refractivity contribution is 5.36. The van der Waals surface area contributed by atoms with Crippen LogP contribution in [0.15, 0.2) is 57.7 Å².